The van der Waals surface area contributed by atoms with Gasteiger partial charge in [0.2, 0.25) is 5.91 Å². The van der Waals surface area contributed by atoms with Crippen LogP contribution in [-0.2, 0) is 11.2 Å². The van der Waals surface area contributed by atoms with E-state index in [1.54, 1.807) is 0 Å². The molecule has 0 aliphatic carbocycles. The zero-order chi connectivity index (χ0) is 12.1. The predicted molar refractivity (Wildman–Crippen MR) is 71.9 cm³/mol. The smallest absolute Gasteiger partial charge is 0.224 e. The van der Waals surface area contributed by atoms with Crippen molar-refractivity contribution in [3.63, 3.8) is 0 Å². The average Bonchev–Trinajstić information content (AvgIpc) is 2.83. The highest BCUT2D eigenvalue weighted by Crippen LogP contribution is 2.14. The Morgan fingerprint density at radius 2 is 2.00 bits per heavy atom. The van der Waals surface area contributed by atoms with Gasteiger partial charge >= 0.3 is 0 Å². The van der Waals surface area contributed by atoms with Gasteiger partial charge in [-0.3, -0.25) is 4.79 Å². The van der Waals surface area contributed by atoms with Gasteiger partial charge in [0.15, 0.2) is 0 Å². The SMILES string of the molecule is O=C(CCc1ccc[nH]1)Nc1ccc(Br)cc1. The lowest BCUT2D eigenvalue weighted by Gasteiger charge is -2.04. The number of aryl methyl sites for hydroxylation is 1. The van der Waals surface area contributed by atoms with Gasteiger partial charge in [0.25, 0.3) is 0 Å². The summed E-state index contributed by atoms with van der Waals surface area (Å²) < 4.78 is 1.00. The Labute approximate surface area is 108 Å². The van der Waals surface area contributed by atoms with Crippen molar-refractivity contribution in [3.8, 4) is 0 Å². The molecule has 2 aromatic rings. The molecule has 0 spiro atoms. The van der Waals surface area contributed by atoms with Gasteiger partial charge in [-0.25, -0.2) is 0 Å². The lowest BCUT2D eigenvalue weighted by atomic mass is 10.2. The minimum absolute atomic E-state index is 0.0296. The first-order valence-corrected chi connectivity index (χ1v) is 6.21. The summed E-state index contributed by atoms with van der Waals surface area (Å²) in [6.45, 7) is 0. The number of carbonyl (C=O) groups excluding carboxylic acids is 1. The highest BCUT2D eigenvalue weighted by molar-refractivity contribution is 9.10. The Kier molecular flexibility index (Phi) is 3.98. The number of nitrogens with one attached hydrogen (secondary N) is 2. The van der Waals surface area contributed by atoms with Crippen molar-refractivity contribution >= 4 is 27.5 Å². The summed E-state index contributed by atoms with van der Waals surface area (Å²) in [5.74, 6) is 0.0296. The summed E-state index contributed by atoms with van der Waals surface area (Å²) in [5, 5.41) is 2.86. The van der Waals surface area contributed by atoms with Crippen molar-refractivity contribution in [2.75, 3.05) is 5.32 Å². The molecule has 1 amide bonds. The van der Waals surface area contributed by atoms with E-state index >= 15 is 0 Å². The number of carbonyl (C=O) groups is 1. The number of amides is 1. The molecule has 0 fully saturated rings. The van der Waals surface area contributed by atoms with E-state index in [9.17, 15) is 4.79 Å². The second kappa shape index (κ2) is 5.68. The zero-order valence-corrected chi connectivity index (χ0v) is 10.8. The van der Waals surface area contributed by atoms with Gasteiger partial charge in [-0.15, -0.1) is 0 Å². The summed E-state index contributed by atoms with van der Waals surface area (Å²) in [7, 11) is 0. The molecule has 88 valence electrons. The van der Waals surface area contributed by atoms with Crippen LogP contribution in [0.5, 0.6) is 0 Å². The highest BCUT2D eigenvalue weighted by atomic mass is 79.9. The number of rotatable bonds is 4. The molecule has 0 radical (unpaired) electrons. The minimum atomic E-state index is 0.0296. The van der Waals surface area contributed by atoms with Crippen molar-refractivity contribution in [1.29, 1.82) is 0 Å². The van der Waals surface area contributed by atoms with Crippen LogP contribution >= 0.6 is 15.9 Å². The molecule has 1 heterocycles. The van der Waals surface area contributed by atoms with Crippen LogP contribution in [-0.4, -0.2) is 10.9 Å². The molecular weight excluding hydrogens is 280 g/mol. The topological polar surface area (TPSA) is 44.9 Å². The molecule has 0 aliphatic heterocycles. The maximum absolute atomic E-state index is 11.7. The van der Waals surface area contributed by atoms with Crippen molar-refractivity contribution in [2.24, 2.45) is 0 Å². The van der Waals surface area contributed by atoms with Crippen molar-refractivity contribution in [3.05, 3.63) is 52.8 Å². The quantitative estimate of drug-likeness (QED) is 0.892. The number of benzene rings is 1. The molecule has 4 heteroatoms. The van der Waals surface area contributed by atoms with E-state index in [-0.39, 0.29) is 5.91 Å². The van der Waals surface area contributed by atoms with Gasteiger partial charge < -0.3 is 10.3 Å². The Bertz CT molecular complexity index is 477. The van der Waals surface area contributed by atoms with E-state index in [4.69, 9.17) is 0 Å². The number of H-pyrrole nitrogens is 1. The minimum Gasteiger partial charge on any atom is -0.365 e. The Morgan fingerprint density at radius 3 is 2.65 bits per heavy atom. The number of aromatic nitrogens is 1. The summed E-state index contributed by atoms with van der Waals surface area (Å²) >= 11 is 3.35. The molecular formula is C13H13BrN2O. The first-order chi connectivity index (χ1) is 8.24. The first-order valence-electron chi connectivity index (χ1n) is 5.42. The van der Waals surface area contributed by atoms with Gasteiger partial charge in [-0.1, -0.05) is 15.9 Å². The molecule has 3 nitrogen and oxygen atoms in total. The third kappa shape index (κ3) is 3.75. The van der Waals surface area contributed by atoms with Crippen LogP contribution in [0.2, 0.25) is 0 Å². The average molecular weight is 293 g/mol. The fraction of sp³-hybridized carbons (Fsp3) is 0.154. The van der Waals surface area contributed by atoms with E-state index in [1.165, 1.54) is 0 Å². The maximum Gasteiger partial charge on any atom is 0.224 e. The van der Waals surface area contributed by atoms with Gasteiger partial charge in [-0.2, -0.15) is 0 Å². The molecule has 0 saturated carbocycles. The van der Waals surface area contributed by atoms with Crippen molar-refractivity contribution in [1.82, 2.24) is 4.98 Å². The van der Waals surface area contributed by atoms with Crippen molar-refractivity contribution in [2.45, 2.75) is 12.8 Å². The number of hydrogen-bond acceptors (Lipinski definition) is 1. The fourth-order valence-corrected chi connectivity index (χ4v) is 1.79. The Morgan fingerprint density at radius 1 is 1.24 bits per heavy atom. The van der Waals surface area contributed by atoms with Gasteiger partial charge in [0.1, 0.15) is 0 Å². The molecule has 1 aromatic heterocycles. The van der Waals surface area contributed by atoms with E-state index in [1.807, 2.05) is 42.6 Å². The van der Waals surface area contributed by atoms with Crippen LogP contribution in [0.15, 0.2) is 47.1 Å². The Balaban J connectivity index is 1.83. The lowest BCUT2D eigenvalue weighted by Crippen LogP contribution is -2.12. The zero-order valence-electron chi connectivity index (χ0n) is 9.24. The van der Waals surface area contributed by atoms with Crippen LogP contribution in [0.4, 0.5) is 5.69 Å². The van der Waals surface area contributed by atoms with Gasteiger partial charge in [0.05, 0.1) is 0 Å². The van der Waals surface area contributed by atoms with E-state index in [0.29, 0.717) is 6.42 Å². The molecule has 1 aromatic carbocycles. The lowest BCUT2D eigenvalue weighted by molar-refractivity contribution is -0.116. The van der Waals surface area contributed by atoms with E-state index in [2.05, 4.69) is 26.2 Å². The summed E-state index contributed by atoms with van der Waals surface area (Å²) in [5.41, 5.74) is 1.90. The molecule has 0 saturated heterocycles. The summed E-state index contributed by atoms with van der Waals surface area (Å²) in [6, 6.07) is 11.5. The summed E-state index contributed by atoms with van der Waals surface area (Å²) in [4.78, 5) is 14.7. The van der Waals surface area contributed by atoms with Crippen LogP contribution in [0.25, 0.3) is 0 Å². The molecule has 2 rings (SSSR count). The maximum atomic E-state index is 11.7. The first kappa shape index (κ1) is 11.9. The second-order valence-corrected chi connectivity index (χ2v) is 4.67. The molecule has 0 bridgehead atoms. The fourth-order valence-electron chi connectivity index (χ4n) is 1.53. The predicted octanol–water partition coefficient (Wildman–Crippen LogP) is 3.35. The molecule has 17 heavy (non-hydrogen) atoms. The van der Waals surface area contributed by atoms with E-state index in [0.717, 1.165) is 22.3 Å². The normalized spacial score (nSPS) is 10.2. The Hall–Kier alpha value is -1.55. The third-order valence-corrected chi connectivity index (χ3v) is 2.94. The van der Waals surface area contributed by atoms with Crippen LogP contribution in [0.1, 0.15) is 12.1 Å². The highest BCUT2D eigenvalue weighted by Gasteiger charge is 2.03. The number of hydrogen-bond donors (Lipinski definition) is 2. The monoisotopic (exact) mass is 292 g/mol. The standard InChI is InChI=1S/C13H13BrN2O/c14-10-3-5-12(6-4-10)16-13(17)8-7-11-2-1-9-15-11/h1-6,9,15H,7-8H2,(H,16,17). The summed E-state index contributed by atoms with van der Waals surface area (Å²) in [6.07, 6.45) is 3.08. The van der Waals surface area contributed by atoms with Gasteiger partial charge in [-0.05, 0) is 42.8 Å². The van der Waals surface area contributed by atoms with Crippen LogP contribution in [0.3, 0.4) is 0 Å². The molecule has 0 aliphatic rings. The van der Waals surface area contributed by atoms with E-state index < -0.39 is 0 Å². The van der Waals surface area contributed by atoms with Crippen LogP contribution in [0, 0.1) is 0 Å². The van der Waals surface area contributed by atoms with Crippen LogP contribution < -0.4 is 5.32 Å². The number of anilines is 1. The molecule has 2 N–H and O–H groups in total. The van der Waals surface area contributed by atoms with Crippen molar-refractivity contribution < 1.29 is 4.79 Å². The molecule has 0 unspecified atom stereocenters. The van der Waals surface area contributed by atoms with Gasteiger partial charge in [0, 0.05) is 28.5 Å². The number of halogens is 1. The largest absolute Gasteiger partial charge is 0.365 e. The number of aromatic amines is 1. The third-order valence-electron chi connectivity index (χ3n) is 2.41. The second-order valence-electron chi connectivity index (χ2n) is 3.75. The molecule has 0 atom stereocenters.